The van der Waals surface area contributed by atoms with Crippen LogP contribution in [0.3, 0.4) is 0 Å². The van der Waals surface area contributed by atoms with Gasteiger partial charge in [-0.15, -0.1) is 0 Å². The number of carbonyl (C=O) groups excluding carboxylic acids is 3. The predicted molar refractivity (Wildman–Crippen MR) is 74.9 cm³/mol. The number of nitrogens with one attached hydrogen (secondary N) is 2. The minimum atomic E-state index is -0.489. The fourth-order valence-electron chi connectivity index (χ4n) is 1.72. The molecule has 0 unspecified atom stereocenters. The lowest BCUT2D eigenvalue weighted by atomic mass is 10.2. The monoisotopic (exact) mass is 287 g/mol. The van der Waals surface area contributed by atoms with Crippen LogP contribution in [0.25, 0.3) is 0 Å². The molecule has 0 aromatic carbocycles. The van der Waals surface area contributed by atoms with Crippen LogP contribution in [0.2, 0.25) is 0 Å². The van der Waals surface area contributed by atoms with Crippen LogP contribution in [0.1, 0.15) is 26.7 Å². The van der Waals surface area contributed by atoms with E-state index in [1.54, 1.807) is 11.8 Å². The van der Waals surface area contributed by atoms with Gasteiger partial charge in [-0.2, -0.15) is 11.8 Å². The zero-order valence-corrected chi connectivity index (χ0v) is 12.4. The van der Waals surface area contributed by atoms with Crippen LogP contribution in [0.5, 0.6) is 0 Å². The van der Waals surface area contributed by atoms with Gasteiger partial charge in [-0.1, -0.05) is 6.92 Å². The van der Waals surface area contributed by atoms with Crippen molar-refractivity contribution >= 4 is 29.6 Å². The summed E-state index contributed by atoms with van der Waals surface area (Å²) in [4.78, 5) is 36.3. The van der Waals surface area contributed by atoms with Crippen LogP contribution in [-0.2, 0) is 9.59 Å². The van der Waals surface area contributed by atoms with Crippen LogP contribution in [0, 0.1) is 0 Å². The van der Waals surface area contributed by atoms with E-state index in [1.807, 2.05) is 20.1 Å². The highest BCUT2D eigenvalue weighted by Gasteiger charge is 2.38. The van der Waals surface area contributed by atoms with E-state index in [0.717, 1.165) is 17.1 Å². The second kappa shape index (κ2) is 7.37. The van der Waals surface area contributed by atoms with Crippen LogP contribution >= 0.6 is 11.8 Å². The summed E-state index contributed by atoms with van der Waals surface area (Å²) in [6.07, 6.45) is 3.34. The third-order valence-corrected chi connectivity index (χ3v) is 3.68. The largest absolute Gasteiger partial charge is 0.352 e. The molecule has 0 aromatic heterocycles. The molecule has 0 aliphatic carbocycles. The Labute approximate surface area is 117 Å². The molecule has 6 nitrogen and oxygen atoms in total. The maximum absolute atomic E-state index is 12.0. The van der Waals surface area contributed by atoms with Crippen LogP contribution in [-0.4, -0.2) is 53.4 Å². The summed E-state index contributed by atoms with van der Waals surface area (Å²) < 4.78 is 0. The molecule has 1 saturated heterocycles. The molecule has 4 amide bonds. The molecule has 19 heavy (non-hydrogen) atoms. The molecular formula is C12H21N3O3S. The lowest BCUT2D eigenvalue weighted by Crippen LogP contribution is -2.43. The van der Waals surface area contributed by atoms with Gasteiger partial charge in [0.05, 0.1) is 0 Å². The Bertz CT molecular complexity index is 362. The maximum atomic E-state index is 12.0. The third-order valence-electron chi connectivity index (χ3n) is 3.04. The van der Waals surface area contributed by atoms with Gasteiger partial charge in [0.1, 0.15) is 12.6 Å². The Morgan fingerprint density at radius 1 is 1.53 bits per heavy atom. The molecule has 0 aromatic rings. The summed E-state index contributed by atoms with van der Waals surface area (Å²) in [6, 6.07) is -0.924. The van der Waals surface area contributed by atoms with Crippen molar-refractivity contribution in [2.24, 2.45) is 0 Å². The smallest absolute Gasteiger partial charge is 0.325 e. The van der Waals surface area contributed by atoms with Crippen molar-refractivity contribution in [1.82, 2.24) is 15.5 Å². The molecule has 0 radical (unpaired) electrons. The number of rotatable bonds is 7. The SMILES string of the molecule is CC[C@H](C)NC(=O)CN1C(=O)N[C@@H](CCSC)C1=O. The summed E-state index contributed by atoms with van der Waals surface area (Å²) in [5.74, 6) is 0.186. The van der Waals surface area contributed by atoms with Crippen molar-refractivity contribution in [3.8, 4) is 0 Å². The first kappa shape index (κ1) is 15.8. The van der Waals surface area contributed by atoms with Gasteiger partial charge in [0.25, 0.3) is 5.91 Å². The second-order valence-corrected chi connectivity index (χ2v) is 5.57. The molecule has 7 heteroatoms. The average Bonchev–Trinajstić information content (AvgIpc) is 2.63. The first-order chi connectivity index (χ1) is 8.99. The van der Waals surface area contributed by atoms with Gasteiger partial charge >= 0.3 is 6.03 Å². The highest BCUT2D eigenvalue weighted by atomic mass is 32.2. The van der Waals surface area contributed by atoms with E-state index in [4.69, 9.17) is 0 Å². The van der Waals surface area contributed by atoms with Crippen molar-refractivity contribution in [2.45, 2.75) is 38.8 Å². The summed E-state index contributed by atoms with van der Waals surface area (Å²) in [5, 5.41) is 5.34. The molecule has 0 spiro atoms. The molecule has 2 atom stereocenters. The highest BCUT2D eigenvalue weighted by molar-refractivity contribution is 7.98. The number of imide groups is 1. The summed E-state index contributed by atoms with van der Waals surface area (Å²) in [5.41, 5.74) is 0. The van der Waals surface area contributed by atoms with Crippen LogP contribution < -0.4 is 10.6 Å². The minimum Gasteiger partial charge on any atom is -0.352 e. The fraction of sp³-hybridized carbons (Fsp3) is 0.750. The molecule has 1 aliphatic heterocycles. The van der Waals surface area contributed by atoms with E-state index in [0.29, 0.717) is 6.42 Å². The van der Waals surface area contributed by atoms with E-state index >= 15 is 0 Å². The fourth-order valence-corrected chi connectivity index (χ4v) is 2.20. The van der Waals surface area contributed by atoms with Crippen molar-refractivity contribution in [3.05, 3.63) is 0 Å². The number of urea groups is 1. The number of thioether (sulfide) groups is 1. The summed E-state index contributed by atoms with van der Waals surface area (Å²) >= 11 is 1.62. The quantitative estimate of drug-likeness (QED) is 0.671. The molecule has 1 aliphatic rings. The Balaban J connectivity index is 2.51. The van der Waals surface area contributed by atoms with Gasteiger partial charge in [-0.3, -0.25) is 14.5 Å². The van der Waals surface area contributed by atoms with E-state index in [1.165, 1.54) is 0 Å². The normalized spacial score (nSPS) is 20.4. The lowest BCUT2D eigenvalue weighted by molar-refractivity contribution is -0.132. The van der Waals surface area contributed by atoms with E-state index < -0.39 is 12.1 Å². The zero-order valence-electron chi connectivity index (χ0n) is 11.6. The first-order valence-corrected chi connectivity index (χ1v) is 7.79. The Kier molecular flexibility index (Phi) is 6.14. The molecule has 1 fully saturated rings. The highest BCUT2D eigenvalue weighted by Crippen LogP contribution is 2.11. The lowest BCUT2D eigenvalue weighted by Gasteiger charge is -2.15. The Morgan fingerprint density at radius 3 is 2.79 bits per heavy atom. The van der Waals surface area contributed by atoms with Crippen molar-refractivity contribution in [1.29, 1.82) is 0 Å². The topological polar surface area (TPSA) is 78.5 Å². The number of hydrogen-bond donors (Lipinski definition) is 2. The molecule has 108 valence electrons. The zero-order chi connectivity index (χ0) is 14.4. The van der Waals surface area contributed by atoms with Crippen molar-refractivity contribution in [2.75, 3.05) is 18.6 Å². The van der Waals surface area contributed by atoms with E-state index in [9.17, 15) is 14.4 Å². The molecule has 1 rings (SSSR count). The van der Waals surface area contributed by atoms with Crippen molar-refractivity contribution < 1.29 is 14.4 Å². The van der Waals surface area contributed by atoms with Gasteiger partial charge < -0.3 is 10.6 Å². The molecule has 0 saturated carbocycles. The third kappa shape index (κ3) is 4.41. The minimum absolute atomic E-state index is 0.0422. The van der Waals surface area contributed by atoms with E-state index in [-0.39, 0.29) is 24.4 Å². The predicted octanol–water partition coefficient (Wildman–Crippen LogP) is 0.575. The number of hydrogen-bond acceptors (Lipinski definition) is 4. The maximum Gasteiger partial charge on any atom is 0.325 e. The first-order valence-electron chi connectivity index (χ1n) is 6.39. The average molecular weight is 287 g/mol. The van der Waals surface area contributed by atoms with Crippen LogP contribution in [0.15, 0.2) is 0 Å². The van der Waals surface area contributed by atoms with Crippen molar-refractivity contribution in [3.63, 3.8) is 0 Å². The number of carbonyl (C=O) groups is 3. The molecule has 0 bridgehead atoms. The Morgan fingerprint density at radius 2 is 2.21 bits per heavy atom. The van der Waals surface area contributed by atoms with Gasteiger partial charge in [0.15, 0.2) is 0 Å². The summed E-state index contributed by atoms with van der Waals surface area (Å²) in [7, 11) is 0. The number of nitrogens with zero attached hydrogens (tertiary/aromatic N) is 1. The van der Waals surface area contributed by atoms with Gasteiger partial charge in [-0.25, -0.2) is 4.79 Å². The molecular weight excluding hydrogens is 266 g/mol. The standard InChI is InChI=1S/C12H21N3O3S/c1-4-8(2)13-10(16)7-15-11(17)9(5-6-19-3)14-12(15)18/h8-9H,4-7H2,1-3H3,(H,13,16)(H,14,18)/t8-,9-/m0/s1. The summed E-state index contributed by atoms with van der Waals surface area (Å²) in [6.45, 7) is 3.63. The van der Waals surface area contributed by atoms with E-state index in [2.05, 4.69) is 10.6 Å². The van der Waals surface area contributed by atoms with Crippen LogP contribution in [0.4, 0.5) is 4.79 Å². The van der Waals surface area contributed by atoms with Gasteiger partial charge in [0, 0.05) is 6.04 Å². The number of amides is 4. The second-order valence-electron chi connectivity index (χ2n) is 4.58. The molecule has 1 heterocycles. The molecule has 2 N–H and O–H groups in total. The Hall–Kier alpha value is -1.24. The van der Waals surface area contributed by atoms with Gasteiger partial charge in [-0.05, 0) is 31.8 Å². The van der Waals surface area contributed by atoms with Gasteiger partial charge in [0.2, 0.25) is 5.91 Å².